The highest BCUT2D eigenvalue weighted by atomic mass is 16.5. The van der Waals surface area contributed by atoms with Gasteiger partial charge < -0.3 is 25.0 Å². The number of urea groups is 1. The van der Waals surface area contributed by atoms with E-state index >= 15 is 0 Å². The zero-order chi connectivity index (χ0) is 16.9. The van der Waals surface area contributed by atoms with Crippen LogP contribution in [-0.4, -0.2) is 49.9 Å². The number of ether oxygens (including phenoxy) is 2. The van der Waals surface area contributed by atoms with E-state index in [9.17, 15) is 9.59 Å². The molecule has 130 valence electrons. The molecule has 0 bridgehead atoms. The Hall–Kier alpha value is -2.28. The molecule has 24 heavy (non-hydrogen) atoms. The van der Waals surface area contributed by atoms with E-state index in [0.29, 0.717) is 26.3 Å². The van der Waals surface area contributed by atoms with Crippen LogP contribution in [-0.2, 0) is 22.4 Å². The van der Waals surface area contributed by atoms with Gasteiger partial charge in [0.25, 0.3) is 0 Å². The molecule has 1 fully saturated rings. The largest absolute Gasteiger partial charge is 0.453 e. The summed E-state index contributed by atoms with van der Waals surface area (Å²) in [7, 11) is 1.39. The number of rotatable bonds is 2. The summed E-state index contributed by atoms with van der Waals surface area (Å²) in [4.78, 5) is 25.5. The summed E-state index contributed by atoms with van der Waals surface area (Å²) in [6.45, 7) is 2.52. The number of carbonyl (C=O) groups is 2. The van der Waals surface area contributed by atoms with E-state index in [1.807, 2.05) is 18.2 Å². The number of carbonyl (C=O) groups excluding carboxylic acids is 2. The summed E-state index contributed by atoms with van der Waals surface area (Å²) in [6, 6.07) is 5.78. The summed E-state index contributed by atoms with van der Waals surface area (Å²) < 4.78 is 10.1. The number of benzene rings is 1. The van der Waals surface area contributed by atoms with Gasteiger partial charge in [-0.05, 0) is 42.5 Å². The van der Waals surface area contributed by atoms with Crippen molar-refractivity contribution in [3.63, 3.8) is 0 Å². The van der Waals surface area contributed by atoms with Gasteiger partial charge in [-0.15, -0.1) is 0 Å². The van der Waals surface area contributed by atoms with E-state index in [2.05, 4.69) is 10.6 Å². The topological polar surface area (TPSA) is 79.9 Å². The van der Waals surface area contributed by atoms with Gasteiger partial charge in [0.15, 0.2) is 0 Å². The van der Waals surface area contributed by atoms with Crippen LogP contribution in [0.4, 0.5) is 15.3 Å². The molecule has 2 N–H and O–H groups in total. The maximum atomic E-state index is 12.1. The first-order valence-electron chi connectivity index (χ1n) is 8.25. The molecule has 7 heteroatoms. The number of anilines is 1. The predicted octanol–water partition coefficient (Wildman–Crippen LogP) is 2.11. The van der Waals surface area contributed by atoms with Crippen LogP contribution in [0.5, 0.6) is 0 Å². The fraction of sp³-hybridized carbons (Fsp3) is 0.529. The van der Waals surface area contributed by atoms with Crippen molar-refractivity contribution in [3.8, 4) is 0 Å². The van der Waals surface area contributed by atoms with E-state index in [1.165, 1.54) is 12.7 Å². The molecule has 2 aliphatic heterocycles. The fourth-order valence-corrected chi connectivity index (χ4v) is 3.11. The second-order valence-electron chi connectivity index (χ2n) is 6.11. The van der Waals surface area contributed by atoms with Crippen LogP contribution in [0.3, 0.4) is 0 Å². The number of amides is 3. The molecular weight excluding hydrogens is 310 g/mol. The number of hydrogen-bond donors (Lipinski definition) is 2. The smallest absolute Gasteiger partial charge is 0.409 e. The third kappa shape index (κ3) is 3.97. The molecule has 0 aliphatic carbocycles. The Labute approximate surface area is 141 Å². The molecule has 0 radical (unpaired) electrons. The summed E-state index contributed by atoms with van der Waals surface area (Å²) in [5.41, 5.74) is 2.96. The number of nitrogens with one attached hydrogen (secondary N) is 2. The van der Waals surface area contributed by atoms with Gasteiger partial charge in [0.05, 0.1) is 7.11 Å². The average Bonchev–Trinajstić information content (AvgIpc) is 2.61. The van der Waals surface area contributed by atoms with Gasteiger partial charge in [-0.25, -0.2) is 9.59 Å². The third-order valence-electron chi connectivity index (χ3n) is 4.47. The lowest BCUT2D eigenvalue weighted by molar-refractivity contribution is 0.0806. The molecule has 3 rings (SSSR count). The van der Waals surface area contributed by atoms with Crippen molar-refractivity contribution in [1.29, 1.82) is 0 Å². The normalized spacial score (nSPS) is 17.8. The van der Waals surface area contributed by atoms with Crippen LogP contribution in [0.2, 0.25) is 0 Å². The van der Waals surface area contributed by atoms with Gasteiger partial charge in [-0.3, -0.25) is 0 Å². The average molecular weight is 333 g/mol. The molecule has 1 aromatic rings. The number of fused-ring (bicyclic) bond motifs is 1. The molecule has 7 nitrogen and oxygen atoms in total. The van der Waals surface area contributed by atoms with E-state index < -0.39 is 0 Å². The number of methoxy groups -OCH3 is 1. The highest BCUT2D eigenvalue weighted by Crippen LogP contribution is 2.23. The Balaban J connectivity index is 1.61. The van der Waals surface area contributed by atoms with Crippen molar-refractivity contribution in [2.75, 3.05) is 32.2 Å². The number of hydrogen-bond acceptors (Lipinski definition) is 4. The molecule has 0 unspecified atom stereocenters. The molecule has 1 saturated heterocycles. The lowest BCUT2D eigenvalue weighted by atomic mass is 9.99. The molecule has 0 spiro atoms. The maximum absolute atomic E-state index is 12.1. The Kier molecular flexibility index (Phi) is 5.20. The molecule has 0 aromatic heterocycles. The van der Waals surface area contributed by atoms with Crippen molar-refractivity contribution in [2.24, 2.45) is 0 Å². The minimum atomic E-state index is -0.323. The molecule has 1 aromatic carbocycles. The first-order chi connectivity index (χ1) is 11.7. The Morgan fingerprint density at radius 2 is 2.04 bits per heavy atom. The fourth-order valence-electron chi connectivity index (χ4n) is 3.11. The summed E-state index contributed by atoms with van der Waals surface area (Å²) in [5, 5.41) is 5.84. The van der Waals surface area contributed by atoms with Crippen LogP contribution in [0, 0.1) is 0 Å². The van der Waals surface area contributed by atoms with E-state index in [-0.39, 0.29) is 18.2 Å². The predicted molar refractivity (Wildman–Crippen MR) is 89.0 cm³/mol. The standard InChI is InChI=1S/C17H23N3O4/c1-23-17(22)20-7-4-12-2-3-15(10-13(12)11-20)19-16(21)18-14-5-8-24-9-6-14/h2-3,10,14H,4-9,11H2,1H3,(H2,18,19,21). The Bertz CT molecular complexity index is 614. The molecule has 2 heterocycles. The van der Waals surface area contributed by atoms with Gasteiger partial charge in [0.2, 0.25) is 0 Å². The quantitative estimate of drug-likeness (QED) is 0.869. The van der Waals surface area contributed by atoms with Crippen LogP contribution in [0.25, 0.3) is 0 Å². The molecule has 3 amide bonds. The van der Waals surface area contributed by atoms with Gasteiger partial charge in [-0.2, -0.15) is 0 Å². The monoisotopic (exact) mass is 333 g/mol. The third-order valence-corrected chi connectivity index (χ3v) is 4.47. The van der Waals surface area contributed by atoms with Gasteiger partial charge in [0.1, 0.15) is 0 Å². The summed E-state index contributed by atoms with van der Waals surface area (Å²) >= 11 is 0. The first-order valence-corrected chi connectivity index (χ1v) is 8.25. The van der Waals surface area contributed by atoms with Crippen LogP contribution < -0.4 is 10.6 Å². The van der Waals surface area contributed by atoms with Crippen molar-refractivity contribution in [2.45, 2.75) is 31.8 Å². The zero-order valence-corrected chi connectivity index (χ0v) is 13.8. The molecule has 0 saturated carbocycles. The lowest BCUT2D eigenvalue weighted by Gasteiger charge is -2.28. The van der Waals surface area contributed by atoms with Crippen molar-refractivity contribution < 1.29 is 19.1 Å². The summed E-state index contributed by atoms with van der Waals surface area (Å²) in [6.07, 6.45) is 2.15. The van der Waals surface area contributed by atoms with E-state index in [0.717, 1.165) is 30.5 Å². The number of nitrogens with zero attached hydrogens (tertiary/aromatic N) is 1. The van der Waals surface area contributed by atoms with Crippen LogP contribution in [0.15, 0.2) is 18.2 Å². The van der Waals surface area contributed by atoms with E-state index in [1.54, 1.807) is 4.90 Å². The van der Waals surface area contributed by atoms with Crippen molar-refractivity contribution in [1.82, 2.24) is 10.2 Å². The Morgan fingerprint density at radius 1 is 1.25 bits per heavy atom. The maximum Gasteiger partial charge on any atom is 0.409 e. The van der Waals surface area contributed by atoms with Crippen molar-refractivity contribution in [3.05, 3.63) is 29.3 Å². The van der Waals surface area contributed by atoms with Gasteiger partial charge in [0, 0.05) is 38.0 Å². The SMILES string of the molecule is COC(=O)N1CCc2ccc(NC(=O)NC3CCOCC3)cc2C1. The zero-order valence-electron chi connectivity index (χ0n) is 13.8. The molecule has 0 atom stereocenters. The molecule has 2 aliphatic rings. The van der Waals surface area contributed by atoms with Crippen LogP contribution >= 0.6 is 0 Å². The highest BCUT2D eigenvalue weighted by molar-refractivity contribution is 5.89. The minimum absolute atomic E-state index is 0.159. The highest BCUT2D eigenvalue weighted by Gasteiger charge is 2.22. The van der Waals surface area contributed by atoms with Crippen molar-refractivity contribution >= 4 is 17.8 Å². The van der Waals surface area contributed by atoms with E-state index in [4.69, 9.17) is 9.47 Å². The summed E-state index contributed by atoms with van der Waals surface area (Å²) in [5.74, 6) is 0. The van der Waals surface area contributed by atoms with Gasteiger partial charge in [-0.1, -0.05) is 6.07 Å². The molecular formula is C17H23N3O4. The minimum Gasteiger partial charge on any atom is -0.453 e. The second-order valence-corrected chi connectivity index (χ2v) is 6.11. The lowest BCUT2D eigenvalue weighted by Crippen LogP contribution is -2.41. The first kappa shape index (κ1) is 16.6. The van der Waals surface area contributed by atoms with Crippen LogP contribution in [0.1, 0.15) is 24.0 Å². The van der Waals surface area contributed by atoms with Gasteiger partial charge >= 0.3 is 12.1 Å². The Morgan fingerprint density at radius 3 is 2.79 bits per heavy atom. The second kappa shape index (κ2) is 7.53.